The quantitative estimate of drug-likeness (QED) is 0.653. The van der Waals surface area contributed by atoms with Gasteiger partial charge in [0.15, 0.2) is 0 Å². The number of hydrogen-bond acceptors (Lipinski definition) is 3. The first kappa shape index (κ1) is 20.8. The molecule has 0 aliphatic carbocycles. The third kappa shape index (κ3) is 6.01. The lowest BCUT2D eigenvalue weighted by atomic mass is 9.91. The van der Waals surface area contributed by atoms with Gasteiger partial charge in [-0.3, -0.25) is 4.98 Å². The molecule has 1 atom stereocenters. The van der Waals surface area contributed by atoms with E-state index in [4.69, 9.17) is 0 Å². The van der Waals surface area contributed by atoms with E-state index in [1.165, 1.54) is 0 Å². The van der Waals surface area contributed by atoms with Crippen LogP contribution < -0.4 is 10.6 Å². The van der Waals surface area contributed by atoms with Crippen LogP contribution in [0.15, 0.2) is 72.3 Å². The zero-order chi connectivity index (χ0) is 20.0. The van der Waals surface area contributed by atoms with Crippen LogP contribution in [0.5, 0.6) is 0 Å². The summed E-state index contributed by atoms with van der Waals surface area (Å²) in [7, 11) is 0. The van der Waals surface area contributed by atoms with Gasteiger partial charge in [0, 0.05) is 30.2 Å². The maximum Gasteiger partial charge on any atom is 0.415 e. The van der Waals surface area contributed by atoms with E-state index in [1.54, 1.807) is 12.4 Å². The summed E-state index contributed by atoms with van der Waals surface area (Å²) in [5.74, 6) is -0.109. The average molecular weight is 377 g/mol. The van der Waals surface area contributed by atoms with Crippen LogP contribution in [0.25, 0.3) is 0 Å². The summed E-state index contributed by atoms with van der Waals surface area (Å²) in [4.78, 5) is 4.10. The maximum atomic E-state index is 12.9. The highest BCUT2D eigenvalue weighted by Crippen LogP contribution is 2.30. The average Bonchev–Trinajstić information content (AvgIpc) is 2.60. The highest BCUT2D eigenvalue weighted by Gasteiger charge is 2.31. The number of halogens is 3. The van der Waals surface area contributed by atoms with Crippen LogP contribution in [0.3, 0.4) is 0 Å². The van der Waals surface area contributed by atoms with Gasteiger partial charge in [-0.2, -0.15) is 13.2 Å². The molecule has 1 unspecified atom stereocenters. The number of anilines is 1. The van der Waals surface area contributed by atoms with Crippen molar-refractivity contribution in [2.75, 3.05) is 11.9 Å². The largest absolute Gasteiger partial charge is 0.415 e. The molecule has 0 saturated carbocycles. The van der Waals surface area contributed by atoms with Gasteiger partial charge in [-0.15, -0.1) is 0 Å². The molecule has 0 radical (unpaired) electrons. The van der Waals surface area contributed by atoms with Gasteiger partial charge in [-0.1, -0.05) is 27.0 Å². The van der Waals surface area contributed by atoms with E-state index in [1.807, 2.05) is 32.1 Å². The van der Waals surface area contributed by atoms with Crippen molar-refractivity contribution >= 4 is 5.69 Å². The molecule has 3 nitrogen and oxygen atoms in total. The summed E-state index contributed by atoms with van der Waals surface area (Å²) in [6, 6.07) is 3.81. The van der Waals surface area contributed by atoms with Crippen molar-refractivity contribution in [3.63, 3.8) is 0 Å². The standard InChI is InChI=1S/C21H26F3N3/c1-14(2)18(12-16(4)21(22,23)24)15(3)11-20-19(8-6-10-26-20)27-17-7-5-9-25-13-17/h5,7,9,11-14,19,26-27H,3-4,6,8,10H2,1-2H3/b18-12+,20-11-. The topological polar surface area (TPSA) is 37.0 Å². The Bertz CT molecular complexity index is 731. The van der Waals surface area contributed by atoms with Crippen LogP contribution in [0.2, 0.25) is 0 Å². The Labute approximate surface area is 158 Å². The summed E-state index contributed by atoms with van der Waals surface area (Å²) in [5, 5.41) is 6.76. The molecule has 0 bridgehead atoms. The molecule has 27 heavy (non-hydrogen) atoms. The van der Waals surface area contributed by atoms with Crippen LogP contribution in [-0.4, -0.2) is 23.7 Å². The summed E-state index contributed by atoms with van der Waals surface area (Å²) in [5.41, 5.74) is 2.02. The smallest absolute Gasteiger partial charge is 0.387 e. The van der Waals surface area contributed by atoms with Gasteiger partial charge in [0.25, 0.3) is 0 Å². The second kappa shape index (κ2) is 8.93. The molecule has 2 rings (SSSR count). The molecular formula is C21H26F3N3. The first-order valence-electron chi connectivity index (χ1n) is 8.97. The highest BCUT2D eigenvalue weighted by molar-refractivity contribution is 5.48. The van der Waals surface area contributed by atoms with E-state index in [-0.39, 0.29) is 12.0 Å². The molecule has 2 N–H and O–H groups in total. The fourth-order valence-corrected chi connectivity index (χ4v) is 2.94. The van der Waals surface area contributed by atoms with Gasteiger partial charge in [-0.25, -0.2) is 0 Å². The molecule has 1 fully saturated rings. The Kier molecular flexibility index (Phi) is 6.88. The lowest BCUT2D eigenvalue weighted by molar-refractivity contribution is -0.0878. The normalized spacial score (nSPS) is 19.7. The monoisotopic (exact) mass is 377 g/mol. The minimum Gasteiger partial charge on any atom is -0.387 e. The third-order valence-corrected chi connectivity index (χ3v) is 4.39. The molecule has 2 heterocycles. The Morgan fingerprint density at radius 1 is 1.37 bits per heavy atom. The van der Waals surface area contributed by atoms with E-state index in [0.29, 0.717) is 11.1 Å². The Hall–Kier alpha value is -2.50. The number of nitrogens with zero attached hydrogens (tertiary/aromatic N) is 1. The Morgan fingerprint density at radius 3 is 2.70 bits per heavy atom. The number of piperidine rings is 1. The van der Waals surface area contributed by atoms with Crippen molar-refractivity contribution < 1.29 is 13.2 Å². The lowest BCUT2D eigenvalue weighted by Gasteiger charge is -2.29. The molecule has 6 heteroatoms. The number of nitrogens with one attached hydrogen (secondary N) is 2. The number of aromatic nitrogens is 1. The third-order valence-electron chi connectivity index (χ3n) is 4.39. The van der Waals surface area contributed by atoms with Crippen molar-refractivity contribution in [3.8, 4) is 0 Å². The van der Waals surface area contributed by atoms with E-state index < -0.39 is 11.7 Å². The van der Waals surface area contributed by atoms with Crippen molar-refractivity contribution in [1.82, 2.24) is 10.3 Å². The molecule has 0 aromatic carbocycles. The molecule has 1 aromatic heterocycles. The summed E-state index contributed by atoms with van der Waals surface area (Å²) >= 11 is 0. The molecule has 1 aromatic rings. The van der Waals surface area contributed by atoms with Crippen LogP contribution in [0.1, 0.15) is 26.7 Å². The van der Waals surface area contributed by atoms with Gasteiger partial charge in [0.2, 0.25) is 0 Å². The molecule has 0 amide bonds. The van der Waals surface area contributed by atoms with E-state index >= 15 is 0 Å². The molecule has 0 spiro atoms. The maximum absolute atomic E-state index is 12.9. The van der Waals surface area contributed by atoms with E-state index in [0.717, 1.165) is 36.8 Å². The molecule has 1 saturated heterocycles. The zero-order valence-corrected chi connectivity index (χ0v) is 15.7. The van der Waals surface area contributed by atoms with Crippen LogP contribution in [0, 0.1) is 5.92 Å². The minimum atomic E-state index is -4.44. The second-order valence-electron chi connectivity index (χ2n) is 6.91. The number of hydrogen-bond donors (Lipinski definition) is 2. The van der Waals surface area contributed by atoms with Gasteiger partial charge >= 0.3 is 6.18 Å². The minimum absolute atomic E-state index is 0.0268. The fraction of sp³-hybridized carbons (Fsp3) is 0.381. The number of rotatable bonds is 6. The first-order valence-corrected chi connectivity index (χ1v) is 8.97. The summed E-state index contributed by atoms with van der Waals surface area (Å²) < 4.78 is 38.6. The van der Waals surface area contributed by atoms with Crippen molar-refractivity contribution in [2.45, 2.75) is 38.9 Å². The van der Waals surface area contributed by atoms with Crippen LogP contribution in [0.4, 0.5) is 18.9 Å². The van der Waals surface area contributed by atoms with Gasteiger partial charge in [0.05, 0.1) is 11.7 Å². The number of allylic oxidation sites excluding steroid dienone is 5. The molecular weight excluding hydrogens is 351 g/mol. The molecule has 1 aliphatic rings. The number of alkyl halides is 3. The van der Waals surface area contributed by atoms with Gasteiger partial charge in [0.1, 0.15) is 0 Å². The second-order valence-corrected chi connectivity index (χ2v) is 6.91. The summed E-state index contributed by atoms with van der Waals surface area (Å²) in [6.07, 6.45) is 3.85. The SMILES string of the molecule is C=C(/C=C1\NCCCC1Nc1cccnc1)/C(=C/C(=C)C(F)(F)F)C(C)C. The number of pyridine rings is 1. The van der Waals surface area contributed by atoms with E-state index in [2.05, 4.69) is 28.8 Å². The van der Waals surface area contributed by atoms with Crippen molar-refractivity contribution in [3.05, 3.63) is 72.3 Å². The zero-order valence-electron chi connectivity index (χ0n) is 15.7. The lowest BCUT2D eigenvalue weighted by Crippen LogP contribution is -2.36. The molecule has 1 aliphatic heterocycles. The van der Waals surface area contributed by atoms with Crippen molar-refractivity contribution in [1.29, 1.82) is 0 Å². The van der Waals surface area contributed by atoms with Gasteiger partial charge < -0.3 is 10.6 Å². The highest BCUT2D eigenvalue weighted by atomic mass is 19.4. The van der Waals surface area contributed by atoms with Crippen LogP contribution >= 0.6 is 0 Å². The van der Waals surface area contributed by atoms with E-state index in [9.17, 15) is 13.2 Å². The predicted octanol–water partition coefficient (Wildman–Crippen LogP) is 5.39. The van der Waals surface area contributed by atoms with Gasteiger partial charge in [-0.05, 0) is 54.2 Å². The Morgan fingerprint density at radius 2 is 2.11 bits per heavy atom. The predicted molar refractivity (Wildman–Crippen MR) is 104 cm³/mol. The fourth-order valence-electron chi connectivity index (χ4n) is 2.94. The van der Waals surface area contributed by atoms with Crippen molar-refractivity contribution in [2.24, 2.45) is 5.92 Å². The van der Waals surface area contributed by atoms with Crippen LogP contribution in [-0.2, 0) is 0 Å². The Balaban J connectivity index is 2.24. The first-order chi connectivity index (χ1) is 12.7. The summed E-state index contributed by atoms with van der Waals surface area (Å²) in [6.45, 7) is 11.7. The molecule has 146 valence electrons.